The summed E-state index contributed by atoms with van der Waals surface area (Å²) in [4.78, 5) is 13.7. The number of primary amides is 1. The highest BCUT2D eigenvalue weighted by Crippen LogP contribution is 2.20. The minimum Gasteiger partial charge on any atom is -0.368 e. The van der Waals surface area contributed by atoms with Gasteiger partial charge in [-0.25, -0.2) is 0 Å². The van der Waals surface area contributed by atoms with E-state index in [1.54, 1.807) is 11.8 Å². The fraction of sp³-hybridized carbons (Fsp3) is 0.769. The van der Waals surface area contributed by atoms with Crippen LogP contribution in [0.4, 0.5) is 0 Å². The number of nitrogens with zero attached hydrogens (tertiary/aromatic N) is 4. The van der Waals surface area contributed by atoms with Gasteiger partial charge in [-0.1, -0.05) is 6.42 Å². The van der Waals surface area contributed by atoms with Crippen LogP contribution < -0.4 is 5.73 Å². The monoisotopic (exact) mass is 295 g/mol. The lowest BCUT2D eigenvalue weighted by atomic mass is 10.2. The molecule has 1 aromatic rings. The Morgan fingerprint density at radius 2 is 2.20 bits per heavy atom. The van der Waals surface area contributed by atoms with Gasteiger partial charge in [0.25, 0.3) is 0 Å². The molecule has 6 nitrogen and oxygen atoms in total. The molecule has 110 valence electrons. The second kappa shape index (κ2) is 6.13. The normalized spacial score (nSPS) is 24.1. The SMILES string of the molecule is NC(=O)C1CSCCN1Cc1nnc2n1CCCCC2. The molecule has 1 fully saturated rings. The van der Waals surface area contributed by atoms with Crippen LogP contribution in [0.3, 0.4) is 0 Å². The van der Waals surface area contributed by atoms with E-state index in [0.29, 0.717) is 6.54 Å². The Kier molecular flexibility index (Phi) is 4.26. The van der Waals surface area contributed by atoms with Gasteiger partial charge in [0, 0.05) is 31.0 Å². The molecule has 0 bridgehead atoms. The quantitative estimate of drug-likeness (QED) is 0.874. The molecule has 3 rings (SSSR count). The van der Waals surface area contributed by atoms with Gasteiger partial charge in [0.15, 0.2) is 0 Å². The van der Waals surface area contributed by atoms with Crippen molar-refractivity contribution in [3.63, 3.8) is 0 Å². The summed E-state index contributed by atoms with van der Waals surface area (Å²) in [6.45, 7) is 2.57. The lowest BCUT2D eigenvalue weighted by Gasteiger charge is -2.32. The number of aryl methyl sites for hydroxylation is 1. The van der Waals surface area contributed by atoms with E-state index in [4.69, 9.17) is 5.73 Å². The number of aromatic nitrogens is 3. The van der Waals surface area contributed by atoms with Gasteiger partial charge in [-0.15, -0.1) is 10.2 Å². The zero-order chi connectivity index (χ0) is 13.9. The molecule has 2 aliphatic rings. The topological polar surface area (TPSA) is 77.0 Å². The Hall–Kier alpha value is -1.08. The molecule has 0 spiro atoms. The van der Waals surface area contributed by atoms with E-state index in [-0.39, 0.29) is 11.9 Å². The van der Waals surface area contributed by atoms with Crippen molar-refractivity contribution in [2.75, 3.05) is 18.1 Å². The van der Waals surface area contributed by atoms with Crippen molar-refractivity contribution in [3.05, 3.63) is 11.6 Å². The lowest BCUT2D eigenvalue weighted by Crippen LogP contribution is -2.49. The maximum Gasteiger partial charge on any atom is 0.235 e. The Morgan fingerprint density at radius 3 is 3.05 bits per heavy atom. The van der Waals surface area contributed by atoms with Crippen LogP contribution in [0.25, 0.3) is 0 Å². The first-order valence-electron chi connectivity index (χ1n) is 7.28. The molecule has 0 aromatic carbocycles. The van der Waals surface area contributed by atoms with Crippen LogP contribution >= 0.6 is 11.8 Å². The van der Waals surface area contributed by atoms with Crippen LogP contribution in [0.2, 0.25) is 0 Å². The second-order valence-electron chi connectivity index (χ2n) is 5.46. The maximum atomic E-state index is 11.6. The molecule has 1 aromatic heterocycles. The van der Waals surface area contributed by atoms with Gasteiger partial charge < -0.3 is 10.3 Å². The van der Waals surface area contributed by atoms with Crippen molar-refractivity contribution in [2.24, 2.45) is 5.73 Å². The lowest BCUT2D eigenvalue weighted by molar-refractivity contribution is -0.122. The molecule has 3 heterocycles. The molecular formula is C13H21N5OS. The molecule has 0 radical (unpaired) electrons. The summed E-state index contributed by atoms with van der Waals surface area (Å²) in [7, 11) is 0. The second-order valence-corrected chi connectivity index (χ2v) is 6.61. The predicted molar refractivity (Wildman–Crippen MR) is 78.3 cm³/mol. The summed E-state index contributed by atoms with van der Waals surface area (Å²) < 4.78 is 2.24. The molecule has 1 atom stereocenters. The third-order valence-corrected chi connectivity index (χ3v) is 5.12. The standard InChI is InChI=1S/C13H21N5OS/c14-13(19)10-9-20-7-6-17(10)8-12-16-15-11-4-2-1-3-5-18(11)12/h10H,1-9H2,(H2,14,19). The van der Waals surface area contributed by atoms with E-state index in [1.165, 1.54) is 19.3 Å². The summed E-state index contributed by atoms with van der Waals surface area (Å²) in [5.74, 6) is 3.69. The molecular weight excluding hydrogens is 274 g/mol. The van der Waals surface area contributed by atoms with E-state index >= 15 is 0 Å². The van der Waals surface area contributed by atoms with E-state index in [1.807, 2.05) is 0 Å². The van der Waals surface area contributed by atoms with Crippen molar-refractivity contribution >= 4 is 17.7 Å². The fourth-order valence-electron chi connectivity index (χ4n) is 2.93. The molecule has 2 N–H and O–H groups in total. The van der Waals surface area contributed by atoms with Crippen molar-refractivity contribution in [1.29, 1.82) is 0 Å². The average molecular weight is 295 g/mol. The van der Waals surface area contributed by atoms with Gasteiger partial charge in [0.05, 0.1) is 12.6 Å². The van der Waals surface area contributed by atoms with Crippen molar-refractivity contribution in [2.45, 2.75) is 44.8 Å². The Bertz CT molecular complexity index is 489. The maximum absolute atomic E-state index is 11.6. The Morgan fingerprint density at radius 1 is 1.30 bits per heavy atom. The number of nitrogens with two attached hydrogens (primary N) is 1. The van der Waals surface area contributed by atoms with E-state index in [2.05, 4.69) is 19.7 Å². The van der Waals surface area contributed by atoms with Gasteiger partial charge in [0.1, 0.15) is 11.6 Å². The minimum atomic E-state index is -0.229. The Labute approximate surface area is 123 Å². The van der Waals surface area contributed by atoms with Crippen LogP contribution in [-0.4, -0.2) is 49.7 Å². The minimum absolute atomic E-state index is 0.174. The van der Waals surface area contributed by atoms with E-state index in [9.17, 15) is 4.79 Å². The molecule has 0 saturated carbocycles. The van der Waals surface area contributed by atoms with Gasteiger partial charge in [0.2, 0.25) is 5.91 Å². The molecule has 1 saturated heterocycles. The van der Waals surface area contributed by atoms with Crippen LogP contribution in [0, 0.1) is 0 Å². The molecule has 1 amide bonds. The fourth-order valence-corrected chi connectivity index (χ4v) is 4.06. The summed E-state index contributed by atoms with van der Waals surface area (Å²) in [6, 6.07) is -0.174. The van der Waals surface area contributed by atoms with E-state index < -0.39 is 0 Å². The third-order valence-electron chi connectivity index (χ3n) is 4.10. The van der Waals surface area contributed by atoms with E-state index in [0.717, 1.165) is 42.7 Å². The summed E-state index contributed by atoms with van der Waals surface area (Å²) in [6.07, 6.45) is 4.66. The van der Waals surface area contributed by atoms with Gasteiger partial charge >= 0.3 is 0 Å². The highest BCUT2D eigenvalue weighted by atomic mass is 32.2. The first-order valence-corrected chi connectivity index (χ1v) is 8.43. The number of hydrogen-bond acceptors (Lipinski definition) is 5. The highest BCUT2D eigenvalue weighted by molar-refractivity contribution is 7.99. The number of fused-ring (bicyclic) bond motifs is 1. The van der Waals surface area contributed by atoms with Gasteiger partial charge in [-0.3, -0.25) is 9.69 Å². The number of carbonyl (C=O) groups is 1. The molecule has 7 heteroatoms. The largest absolute Gasteiger partial charge is 0.368 e. The first kappa shape index (κ1) is 13.9. The zero-order valence-corrected chi connectivity index (χ0v) is 12.4. The predicted octanol–water partition coefficient (Wildman–Crippen LogP) is 0.407. The van der Waals surface area contributed by atoms with Crippen LogP contribution in [0.15, 0.2) is 0 Å². The number of carbonyl (C=O) groups excluding carboxylic acids is 1. The molecule has 1 unspecified atom stereocenters. The Balaban J connectivity index is 1.76. The van der Waals surface area contributed by atoms with Crippen LogP contribution in [-0.2, 0) is 24.3 Å². The van der Waals surface area contributed by atoms with Crippen molar-refractivity contribution < 1.29 is 4.79 Å². The van der Waals surface area contributed by atoms with Gasteiger partial charge in [-0.05, 0) is 12.8 Å². The highest BCUT2D eigenvalue weighted by Gasteiger charge is 2.29. The van der Waals surface area contributed by atoms with Crippen LogP contribution in [0.5, 0.6) is 0 Å². The zero-order valence-electron chi connectivity index (χ0n) is 11.6. The number of thioether (sulfide) groups is 1. The van der Waals surface area contributed by atoms with Gasteiger partial charge in [-0.2, -0.15) is 11.8 Å². The smallest absolute Gasteiger partial charge is 0.235 e. The summed E-state index contributed by atoms with van der Waals surface area (Å²) in [5.41, 5.74) is 5.51. The van der Waals surface area contributed by atoms with Crippen molar-refractivity contribution in [1.82, 2.24) is 19.7 Å². The number of rotatable bonds is 3. The van der Waals surface area contributed by atoms with Crippen LogP contribution in [0.1, 0.15) is 30.9 Å². The number of hydrogen-bond donors (Lipinski definition) is 1. The molecule has 2 aliphatic heterocycles. The first-order chi connectivity index (χ1) is 9.75. The molecule has 0 aliphatic carbocycles. The number of amides is 1. The third kappa shape index (κ3) is 2.83. The molecule has 20 heavy (non-hydrogen) atoms. The summed E-state index contributed by atoms with van der Waals surface area (Å²) in [5, 5.41) is 8.66. The summed E-state index contributed by atoms with van der Waals surface area (Å²) >= 11 is 1.79. The van der Waals surface area contributed by atoms with Crippen molar-refractivity contribution in [3.8, 4) is 0 Å². The average Bonchev–Trinajstić information content (AvgIpc) is 2.68.